The first-order valence-electron chi connectivity index (χ1n) is 23.0. The average Bonchev–Trinajstić information content (AvgIpc) is 3.37. The highest BCUT2D eigenvalue weighted by Crippen LogP contribution is 2.35. The molecule has 6 aromatic rings. The molecule has 0 aliphatic heterocycles. The van der Waals surface area contributed by atoms with E-state index in [2.05, 4.69) is 78.7 Å². The van der Waals surface area contributed by atoms with Crippen LogP contribution in [0.5, 0.6) is 0 Å². The number of alkyl halides is 9. The summed E-state index contributed by atoms with van der Waals surface area (Å²) >= 11 is 14.0. The molecular weight excluding hydrogens is 1360 g/mol. The van der Waals surface area contributed by atoms with Crippen molar-refractivity contribution in [2.45, 2.75) is 54.0 Å². The number of carboxylic acids is 1. The quantitative estimate of drug-likeness (QED) is 0.0463. The molecule has 0 fully saturated rings. The number of amides is 2. The number of rotatable bonds is 13. The average molecular weight is 1410 g/mol. The molecule has 6 aromatic heterocycles. The summed E-state index contributed by atoms with van der Waals surface area (Å²) in [6.07, 6.45) is -9.76. The molecule has 0 bridgehead atoms. The van der Waals surface area contributed by atoms with Crippen LogP contribution in [0.1, 0.15) is 69.3 Å². The zero-order valence-electron chi connectivity index (χ0n) is 44.3. The predicted octanol–water partition coefficient (Wildman–Crippen LogP) is 11.2. The van der Waals surface area contributed by atoms with Gasteiger partial charge in [-0.15, -0.1) is 35.3 Å². The third-order valence-corrected chi connectivity index (χ3v) is 14.6. The molecule has 0 saturated carbocycles. The van der Waals surface area contributed by atoms with Gasteiger partial charge in [0, 0.05) is 89.0 Å². The van der Waals surface area contributed by atoms with Gasteiger partial charge in [0.15, 0.2) is 5.69 Å². The fourth-order valence-electron chi connectivity index (χ4n) is 6.86. The number of nitrogen functional groups attached to an aromatic ring is 2. The van der Waals surface area contributed by atoms with Gasteiger partial charge in [-0.05, 0) is 101 Å². The van der Waals surface area contributed by atoms with Crippen LogP contribution in [0.4, 0.5) is 73.6 Å². The van der Waals surface area contributed by atoms with Crippen LogP contribution in [0, 0.1) is 0 Å². The van der Waals surface area contributed by atoms with Crippen molar-refractivity contribution in [1.82, 2.24) is 28.7 Å². The van der Waals surface area contributed by atoms with Gasteiger partial charge in [0.2, 0.25) is 0 Å². The fourth-order valence-corrected chi connectivity index (χ4v) is 10.7. The Kier molecular flexibility index (Phi) is 25.5. The molecule has 0 aromatic carbocycles. The molecule has 0 spiro atoms. The predicted molar refractivity (Wildman–Crippen MR) is 311 cm³/mol. The van der Waals surface area contributed by atoms with Crippen molar-refractivity contribution in [3.05, 3.63) is 134 Å². The van der Waals surface area contributed by atoms with E-state index in [4.69, 9.17) is 16.6 Å². The monoisotopic (exact) mass is 1410 g/mol. The first kappa shape index (κ1) is 70.0. The number of anilines is 6. The van der Waals surface area contributed by atoms with Crippen molar-refractivity contribution in [3.63, 3.8) is 0 Å². The number of pyridine rings is 6. The smallest absolute Gasteiger partial charge is 0.431 e. The minimum Gasteiger partial charge on any atom is -0.476 e. The van der Waals surface area contributed by atoms with E-state index in [1.54, 1.807) is 18.2 Å². The van der Waals surface area contributed by atoms with Crippen LogP contribution in [0.3, 0.4) is 0 Å². The number of hydrogen-bond donors (Lipinski definition) is 6. The number of hydrogen-bond acceptors (Lipinski definition) is 16. The molecule has 0 radical (unpaired) electrons. The Morgan fingerprint density at radius 3 is 1.34 bits per heavy atom. The minimum absolute atomic E-state index is 0.0366. The maximum Gasteiger partial charge on any atom is 0.431 e. The van der Waals surface area contributed by atoms with E-state index < -0.39 is 75.8 Å². The summed E-state index contributed by atoms with van der Waals surface area (Å²) in [7, 11) is 7.11. The maximum atomic E-state index is 13.2. The van der Waals surface area contributed by atoms with Crippen molar-refractivity contribution >= 4 is 135 Å². The van der Waals surface area contributed by atoms with Crippen molar-refractivity contribution in [2.24, 2.45) is 21.1 Å². The van der Waals surface area contributed by atoms with E-state index >= 15 is 0 Å². The Labute approximate surface area is 499 Å². The summed E-state index contributed by atoms with van der Waals surface area (Å²) in [4.78, 5) is 87.0. The maximum absolute atomic E-state index is 13.2. The number of nitrogens with zero attached hydrogens (tertiary/aromatic N) is 7. The summed E-state index contributed by atoms with van der Waals surface area (Å²) < 4.78 is 119. The second-order valence-corrected chi connectivity index (χ2v) is 22.7. The molecule has 82 heavy (non-hydrogen) atoms. The molecular formula is C48H50Br3F9N12O7S3. The fraction of sp³-hybridized carbons (Fsp3) is 0.312. The standard InChI is InChI=1S/2C16H16BrF3N4O2S.C8H8BrNO2S.C8H10F3N3O/c1-4-27-10-5-8(17)7-22-12(10)14(25)24(3)13-9(21)6-11(16(18,19)20)23(2)15(13)26;1-4-27-10-5-8(17)7-22-13(10)14(25)23-9-6-11(16(18,19)20)24(3)15(26)12(9)21-2;1-2-13-6-3-5(9)4-10-7(6)8(11)12;1-13-6-4(12)3-5(8(9,10)11)14(2)7(6)15/h5-7H,4,21H2,1-3H3;5-7,21H,4H2,1-3H3,(H,23,25);3-4H,2H2,1H3,(H,11,12);3,13H,12H2,1-2H3. The highest BCUT2D eigenvalue weighted by molar-refractivity contribution is 9.11. The zero-order valence-corrected chi connectivity index (χ0v) is 51.5. The van der Waals surface area contributed by atoms with E-state index in [9.17, 15) is 68.3 Å². The van der Waals surface area contributed by atoms with E-state index in [1.807, 2.05) is 20.8 Å². The molecule has 0 aliphatic rings. The minimum atomic E-state index is -4.75. The number of halogens is 12. The molecule has 6 rings (SSSR count). The number of aromatic carboxylic acids is 1. The molecule has 0 saturated heterocycles. The molecule has 6 heterocycles. The Morgan fingerprint density at radius 1 is 0.585 bits per heavy atom. The molecule has 34 heteroatoms. The first-order chi connectivity index (χ1) is 38.0. The highest BCUT2D eigenvalue weighted by Gasteiger charge is 2.38. The van der Waals surface area contributed by atoms with Gasteiger partial charge in [-0.2, -0.15) is 39.5 Å². The van der Waals surface area contributed by atoms with Crippen LogP contribution in [0.2, 0.25) is 0 Å². The number of thioether (sulfide) groups is 3. The Bertz CT molecular complexity index is 3510. The van der Waals surface area contributed by atoms with Crippen molar-refractivity contribution < 1.29 is 59.0 Å². The van der Waals surface area contributed by atoms with E-state index in [0.29, 0.717) is 54.9 Å². The SMILES string of the molecule is CCSc1cc(Br)cnc1C(=O)N(C)c1c(N)cc(C(F)(F)F)n(C)c1=O.CCSc1cc(Br)cnc1C(=O)Nc1cc(C(F)(F)F)n(C)c(=O)c1NC.CCSc1cc(Br)cnc1C(=O)O.CNc1c(N)cc(C(F)(F)F)n(C)c1=O. The van der Waals surface area contributed by atoms with Gasteiger partial charge in [-0.25, -0.2) is 19.7 Å². The van der Waals surface area contributed by atoms with Crippen molar-refractivity contribution in [1.29, 1.82) is 0 Å². The van der Waals surface area contributed by atoms with Gasteiger partial charge in [-0.1, -0.05) is 20.8 Å². The zero-order chi connectivity index (χ0) is 62.5. The van der Waals surface area contributed by atoms with Gasteiger partial charge in [0.25, 0.3) is 28.5 Å². The van der Waals surface area contributed by atoms with E-state index in [-0.39, 0.29) is 45.5 Å². The van der Waals surface area contributed by atoms with Crippen LogP contribution < -0.4 is 49.0 Å². The number of carbonyl (C=O) groups is 3. The Hall–Kier alpha value is -6.23. The lowest BCUT2D eigenvalue weighted by atomic mass is 10.2. The van der Waals surface area contributed by atoms with Crippen LogP contribution >= 0.6 is 83.1 Å². The molecule has 0 atom stereocenters. The molecule has 0 unspecified atom stereocenters. The Morgan fingerprint density at radius 2 is 0.939 bits per heavy atom. The number of carboxylic acid groups (broad SMARTS) is 1. The summed E-state index contributed by atoms with van der Waals surface area (Å²) in [5.74, 6) is -0.170. The molecule has 446 valence electrons. The summed E-state index contributed by atoms with van der Waals surface area (Å²) in [5, 5.41) is 16.2. The third kappa shape index (κ3) is 17.9. The van der Waals surface area contributed by atoms with Gasteiger partial charge in [-0.3, -0.25) is 24.0 Å². The Balaban J connectivity index is 0.000000300. The lowest BCUT2D eigenvalue weighted by Crippen LogP contribution is -2.37. The first-order valence-corrected chi connectivity index (χ1v) is 28.3. The second kappa shape index (κ2) is 29.8. The van der Waals surface area contributed by atoms with Crippen molar-refractivity contribution in [2.75, 3.05) is 70.7 Å². The van der Waals surface area contributed by atoms with E-state index in [1.165, 1.54) is 75.0 Å². The molecule has 0 aliphatic carbocycles. The van der Waals surface area contributed by atoms with Crippen LogP contribution in [-0.2, 0) is 39.7 Å². The second-order valence-electron chi connectivity index (χ2n) is 16.0. The van der Waals surface area contributed by atoms with Crippen LogP contribution in [0.25, 0.3) is 0 Å². The van der Waals surface area contributed by atoms with Crippen LogP contribution in [-0.4, -0.2) is 89.9 Å². The number of nitrogens with two attached hydrogens (primary N) is 2. The van der Waals surface area contributed by atoms with Crippen LogP contribution in [0.15, 0.2) is 97.5 Å². The normalized spacial score (nSPS) is 11.2. The largest absolute Gasteiger partial charge is 0.476 e. The van der Waals surface area contributed by atoms with Gasteiger partial charge < -0.3 is 51.1 Å². The number of aromatic nitrogens is 6. The lowest BCUT2D eigenvalue weighted by Gasteiger charge is -2.22. The molecule has 8 N–H and O–H groups in total. The topological polar surface area (TPSA) is 267 Å². The van der Waals surface area contributed by atoms with Gasteiger partial charge in [0.1, 0.15) is 45.5 Å². The summed E-state index contributed by atoms with van der Waals surface area (Å²) in [6, 6.07) is 7.25. The van der Waals surface area contributed by atoms with Gasteiger partial charge in [0.05, 0.1) is 17.1 Å². The number of nitrogens with one attached hydrogen (secondary N) is 3. The van der Waals surface area contributed by atoms with E-state index in [0.717, 1.165) is 48.4 Å². The summed E-state index contributed by atoms with van der Waals surface area (Å²) in [6.45, 7) is 5.76. The molecule has 19 nitrogen and oxygen atoms in total. The van der Waals surface area contributed by atoms with Crippen molar-refractivity contribution in [3.8, 4) is 0 Å². The highest BCUT2D eigenvalue weighted by atomic mass is 79.9. The van der Waals surface area contributed by atoms with Gasteiger partial charge >= 0.3 is 24.5 Å². The number of carbonyl (C=O) groups excluding carboxylic acids is 2. The molecule has 2 amide bonds. The third-order valence-electron chi connectivity index (χ3n) is 10.6. The lowest BCUT2D eigenvalue weighted by molar-refractivity contribution is -0.144. The summed E-state index contributed by atoms with van der Waals surface area (Å²) in [5.41, 5.74) is 3.64.